The van der Waals surface area contributed by atoms with E-state index < -0.39 is 0 Å². The molecule has 1 heterocycles. The molecule has 0 fully saturated rings. The Hall–Kier alpha value is -3.60. The highest BCUT2D eigenvalue weighted by molar-refractivity contribution is 6.00. The van der Waals surface area contributed by atoms with Gasteiger partial charge in [-0.05, 0) is 34.5 Å². The van der Waals surface area contributed by atoms with Crippen molar-refractivity contribution < 1.29 is 19.4 Å². The maximum atomic E-state index is 11.2. The highest BCUT2D eigenvalue weighted by Gasteiger charge is 2.29. The number of allylic oxidation sites excluding steroid dienone is 1. The number of aromatic hydroxyl groups is 1. The number of rotatable bonds is 3. The number of carbonyl (C=O) groups is 2. The minimum atomic E-state index is -0.338. The number of fused-ring (bicyclic) bond motifs is 3. The summed E-state index contributed by atoms with van der Waals surface area (Å²) in [7, 11) is 0. The van der Waals surface area contributed by atoms with Gasteiger partial charge >= 0.3 is 0 Å². The Kier molecular flexibility index (Phi) is 3.89. The molecule has 128 valence electrons. The zero-order chi connectivity index (χ0) is 18.1. The van der Waals surface area contributed by atoms with Gasteiger partial charge in [0, 0.05) is 5.56 Å². The van der Waals surface area contributed by atoms with Crippen LogP contribution in [0.15, 0.2) is 72.1 Å². The van der Waals surface area contributed by atoms with Crippen LogP contribution in [0.5, 0.6) is 11.5 Å². The van der Waals surface area contributed by atoms with Gasteiger partial charge in [-0.25, -0.2) is 0 Å². The molecule has 4 rings (SSSR count). The normalized spacial score (nSPS) is 15.5. The number of aldehydes is 2. The topological polar surface area (TPSA) is 75.6 Å². The van der Waals surface area contributed by atoms with Gasteiger partial charge in [0.15, 0.2) is 12.6 Å². The Labute approximate surface area is 149 Å². The first kappa shape index (κ1) is 15.9. The molecule has 0 amide bonds. The van der Waals surface area contributed by atoms with Crippen LogP contribution in [0.4, 0.5) is 0 Å². The summed E-state index contributed by atoms with van der Waals surface area (Å²) in [5.74, 6) is 0.865. The lowest BCUT2D eigenvalue weighted by atomic mass is 9.91. The molecule has 0 saturated heterocycles. The molecule has 1 atom stereocenters. The van der Waals surface area contributed by atoms with Crippen LogP contribution in [0.1, 0.15) is 17.2 Å². The van der Waals surface area contributed by atoms with E-state index in [1.54, 1.807) is 24.3 Å². The van der Waals surface area contributed by atoms with Crippen molar-refractivity contribution in [3.05, 3.63) is 83.2 Å². The molecule has 26 heavy (non-hydrogen) atoms. The van der Waals surface area contributed by atoms with E-state index in [0.717, 1.165) is 21.9 Å². The standard InChI is InChI=1S/C21H15NO4/c23-11-15(12-24)21-22-20(14-5-8-16(25)9-6-14)19-17-4-2-1-3-13(17)7-10-18(19)26-21/h1-12,20,22,25H. The second-order valence-electron chi connectivity index (χ2n) is 5.99. The fourth-order valence-corrected chi connectivity index (χ4v) is 3.20. The van der Waals surface area contributed by atoms with Crippen LogP contribution >= 0.6 is 0 Å². The third-order valence-electron chi connectivity index (χ3n) is 4.45. The molecule has 0 radical (unpaired) electrons. The third-order valence-corrected chi connectivity index (χ3v) is 4.45. The maximum absolute atomic E-state index is 11.2. The molecule has 0 aliphatic carbocycles. The van der Waals surface area contributed by atoms with Crippen molar-refractivity contribution in [1.29, 1.82) is 0 Å². The highest BCUT2D eigenvalue weighted by Crippen LogP contribution is 2.41. The maximum Gasteiger partial charge on any atom is 0.208 e. The van der Waals surface area contributed by atoms with Gasteiger partial charge in [-0.1, -0.05) is 42.5 Å². The quantitative estimate of drug-likeness (QED) is 0.330. The number of hydrogen-bond donors (Lipinski definition) is 2. The zero-order valence-corrected chi connectivity index (χ0v) is 13.7. The smallest absolute Gasteiger partial charge is 0.208 e. The van der Waals surface area contributed by atoms with E-state index in [1.165, 1.54) is 0 Å². The summed E-state index contributed by atoms with van der Waals surface area (Å²) in [6, 6.07) is 18.1. The van der Waals surface area contributed by atoms with Crippen molar-refractivity contribution in [1.82, 2.24) is 5.32 Å². The second kappa shape index (κ2) is 6.37. The van der Waals surface area contributed by atoms with Gasteiger partial charge in [-0.2, -0.15) is 0 Å². The first-order valence-electron chi connectivity index (χ1n) is 8.11. The second-order valence-corrected chi connectivity index (χ2v) is 5.99. The number of phenolic OH excluding ortho intramolecular Hbond substituents is 1. The number of hydrogen-bond acceptors (Lipinski definition) is 5. The Balaban J connectivity index is 1.98. The first-order chi connectivity index (χ1) is 12.7. The van der Waals surface area contributed by atoms with E-state index in [0.29, 0.717) is 18.3 Å². The van der Waals surface area contributed by atoms with E-state index in [2.05, 4.69) is 5.32 Å². The third kappa shape index (κ3) is 2.59. The monoisotopic (exact) mass is 345 g/mol. The van der Waals surface area contributed by atoms with Crippen molar-refractivity contribution in [2.24, 2.45) is 0 Å². The Bertz CT molecular complexity index is 1030. The lowest BCUT2D eigenvalue weighted by molar-refractivity contribution is -0.110. The lowest BCUT2D eigenvalue weighted by Gasteiger charge is -2.31. The van der Waals surface area contributed by atoms with E-state index in [1.807, 2.05) is 36.4 Å². The van der Waals surface area contributed by atoms with Crippen molar-refractivity contribution in [3.63, 3.8) is 0 Å². The van der Waals surface area contributed by atoms with Crippen LogP contribution in [0.25, 0.3) is 10.8 Å². The van der Waals surface area contributed by atoms with E-state index in [9.17, 15) is 14.7 Å². The number of phenols is 1. The molecule has 1 aliphatic heterocycles. The summed E-state index contributed by atoms with van der Waals surface area (Å²) in [5.41, 5.74) is 1.69. The molecule has 3 aromatic carbocycles. The molecule has 0 spiro atoms. The lowest BCUT2D eigenvalue weighted by Crippen LogP contribution is -2.32. The molecular formula is C21H15NO4. The predicted octanol–water partition coefficient (Wildman–Crippen LogP) is 3.23. The molecule has 0 saturated carbocycles. The Morgan fingerprint density at radius 3 is 2.42 bits per heavy atom. The Morgan fingerprint density at radius 2 is 1.69 bits per heavy atom. The number of carbonyl (C=O) groups excluding carboxylic acids is 2. The van der Waals surface area contributed by atoms with E-state index in [4.69, 9.17) is 4.74 Å². The summed E-state index contributed by atoms with van der Waals surface area (Å²) in [4.78, 5) is 22.4. The van der Waals surface area contributed by atoms with E-state index in [-0.39, 0.29) is 23.2 Å². The van der Waals surface area contributed by atoms with Crippen LogP contribution in [0, 0.1) is 0 Å². The van der Waals surface area contributed by atoms with Crippen molar-refractivity contribution in [3.8, 4) is 11.5 Å². The van der Waals surface area contributed by atoms with Crippen LogP contribution < -0.4 is 10.1 Å². The van der Waals surface area contributed by atoms with Gasteiger partial charge in [0.25, 0.3) is 0 Å². The van der Waals surface area contributed by atoms with Crippen LogP contribution in [-0.4, -0.2) is 17.7 Å². The van der Waals surface area contributed by atoms with Gasteiger partial charge in [0.2, 0.25) is 5.88 Å². The molecule has 5 nitrogen and oxygen atoms in total. The minimum absolute atomic E-state index is 0.0902. The summed E-state index contributed by atoms with van der Waals surface area (Å²) in [6.45, 7) is 0. The number of ether oxygens (including phenoxy) is 1. The molecule has 1 aliphatic rings. The van der Waals surface area contributed by atoms with Gasteiger partial charge in [-0.3, -0.25) is 9.59 Å². The van der Waals surface area contributed by atoms with Crippen molar-refractivity contribution in [2.75, 3.05) is 0 Å². The highest BCUT2D eigenvalue weighted by atomic mass is 16.5. The van der Waals surface area contributed by atoms with Crippen LogP contribution in [0.2, 0.25) is 0 Å². The number of nitrogens with one attached hydrogen (secondary N) is 1. The predicted molar refractivity (Wildman–Crippen MR) is 96.8 cm³/mol. The van der Waals surface area contributed by atoms with Gasteiger partial charge in [-0.15, -0.1) is 0 Å². The summed E-state index contributed by atoms with van der Waals surface area (Å²) in [6.07, 6.45) is 0.935. The SMILES string of the molecule is O=CC(C=O)=C1NC(c2ccc(O)cc2)c2c(ccc3ccccc23)O1. The fraction of sp³-hybridized carbons (Fsp3) is 0.0476. The Morgan fingerprint density at radius 1 is 0.962 bits per heavy atom. The van der Waals surface area contributed by atoms with Crippen LogP contribution in [0.3, 0.4) is 0 Å². The largest absolute Gasteiger partial charge is 0.508 e. The molecule has 2 N–H and O–H groups in total. The first-order valence-corrected chi connectivity index (χ1v) is 8.11. The molecule has 0 aromatic heterocycles. The van der Waals surface area contributed by atoms with Crippen molar-refractivity contribution >= 4 is 23.3 Å². The van der Waals surface area contributed by atoms with E-state index >= 15 is 0 Å². The summed E-state index contributed by atoms with van der Waals surface area (Å²) in [5, 5.41) is 14.8. The van der Waals surface area contributed by atoms with Gasteiger partial charge in [0.05, 0.1) is 6.04 Å². The fourth-order valence-electron chi connectivity index (χ4n) is 3.20. The molecule has 1 unspecified atom stereocenters. The molecule has 3 aromatic rings. The van der Waals surface area contributed by atoms with Crippen molar-refractivity contribution in [2.45, 2.75) is 6.04 Å². The molecule has 5 heteroatoms. The summed E-state index contributed by atoms with van der Waals surface area (Å²) < 4.78 is 5.82. The average Bonchev–Trinajstić information content (AvgIpc) is 2.69. The number of benzene rings is 3. The molecule has 0 bridgehead atoms. The van der Waals surface area contributed by atoms with Gasteiger partial charge in [0.1, 0.15) is 17.1 Å². The zero-order valence-electron chi connectivity index (χ0n) is 13.7. The summed E-state index contributed by atoms with van der Waals surface area (Å²) >= 11 is 0. The van der Waals surface area contributed by atoms with Crippen LogP contribution in [-0.2, 0) is 9.59 Å². The minimum Gasteiger partial charge on any atom is -0.508 e. The van der Waals surface area contributed by atoms with Gasteiger partial charge < -0.3 is 15.2 Å². The molecular weight excluding hydrogens is 330 g/mol. The average molecular weight is 345 g/mol.